The predicted molar refractivity (Wildman–Crippen MR) is 88.0 cm³/mol. The van der Waals surface area contributed by atoms with E-state index in [9.17, 15) is 18.0 Å². The number of rotatable bonds is 4. The molecule has 0 fully saturated rings. The van der Waals surface area contributed by atoms with E-state index in [0.717, 1.165) is 24.3 Å². The summed E-state index contributed by atoms with van der Waals surface area (Å²) in [4.78, 5) is 12.0. The Kier molecular flexibility index (Phi) is 5.13. The van der Waals surface area contributed by atoms with Crippen LogP contribution in [0.15, 0.2) is 36.4 Å². The van der Waals surface area contributed by atoms with Crippen LogP contribution in [0.5, 0.6) is 17.2 Å². The number of alkyl halides is 3. The molecule has 0 aromatic heterocycles. The van der Waals surface area contributed by atoms with Gasteiger partial charge in [0.2, 0.25) is 0 Å². The Morgan fingerprint density at radius 1 is 1.12 bits per heavy atom. The minimum atomic E-state index is -4.43. The van der Waals surface area contributed by atoms with Gasteiger partial charge in [0.1, 0.15) is 19.0 Å². The molecule has 2 aromatic rings. The lowest BCUT2D eigenvalue weighted by molar-refractivity contribution is -0.137. The molecule has 1 amide bonds. The van der Waals surface area contributed by atoms with Gasteiger partial charge in [-0.15, -0.1) is 0 Å². The third-order valence-electron chi connectivity index (χ3n) is 3.46. The highest BCUT2D eigenvalue weighted by atomic mass is 35.5. The van der Waals surface area contributed by atoms with E-state index in [2.05, 4.69) is 5.32 Å². The molecule has 1 N–H and O–H groups in total. The lowest BCUT2D eigenvalue weighted by atomic mass is 10.2. The molecular weight excluding hydrogens is 375 g/mol. The molecule has 0 saturated heterocycles. The number of nitrogens with one attached hydrogen (secondary N) is 1. The molecule has 0 saturated carbocycles. The van der Waals surface area contributed by atoms with Crippen molar-refractivity contribution in [3.63, 3.8) is 0 Å². The van der Waals surface area contributed by atoms with Gasteiger partial charge in [0, 0.05) is 12.1 Å². The van der Waals surface area contributed by atoms with Gasteiger partial charge in [0.05, 0.1) is 16.3 Å². The molecule has 138 valence electrons. The highest BCUT2D eigenvalue weighted by Gasteiger charge is 2.30. The molecule has 3 rings (SSSR count). The molecule has 1 aliphatic heterocycles. The van der Waals surface area contributed by atoms with Gasteiger partial charge in [-0.2, -0.15) is 13.2 Å². The molecule has 0 aliphatic carbocycles. The molecule has 0 unspecified atom stereocenters. The lowest BCUT2D eigenvalue weighted by Crippen LogP contribution is -2.21. The molecule has 26 heavy (non-hydrogen) atoms. The van der Waals surface area contributed by atoms with Crippen molar-refractivity contribution in [2.45, 2.75) is 6.18 Å². The summed E-state index contributed by atoms with van der Waals surface area (Å²) in [5.74, 6) is 0.560. The molecule has 0 spiro atoms. The topological polar surface area (TPSA) is 56.8 Å². The van der Waals surface area contributed by atoms with E-state index in [1.165, 1.54) is 12.1 Å². The zero-order valence-corrected chi connectivity index (χ0v) is 14.0. The van der Waals surface area contributed by atoms with Crippen molar-refractivity contribution < 1.29 is 32.2 Å². The van der Waals surface area contributed by atoms with E-state index in [0.29, 0.717) is 30.4 Å². The van der Waals surface area contributed by atoms with Crippen molar-refractivity contribution in [3.05, 3.63) is 47.0 Å². The third kappa shape index (κ3) is 4.32. The minimum absolute atomic E-state index is 0.140. The number of hydrogen-bond acceptors (Lipinski definition) is 4. The Balaban J connectivity index is 1.59. The van der Waals surface area contributed by atoms with Crippen LogP contribution in [0.2, 0.25) is 5.02 Å². The van der Waals surface area contributed by atoms with Crippen LogP contribution in [-0.4, -0.2) is 25.7 Å². The fourth-order valence-electron chi connectivity index (χ4n) is 2.24. The number of hydrogen-bond donors (Lipinski definition) is 1. The van der Waals surface area contributed by atoms with Crippen molar-refractivity contribution in [1.82, 2.24) is 0 Å². The standard InChI is InChI=1S/C17H13ClF3NO4/c18-12-7-14-15(25-6-5-24-14)8-13(12)22-16(23)9-26-11-3-1-10(2-4-11)17(19,20)21/h1-4,7-8H,5-6,9H2,(H,22,23). The van der Waals surface area contributed by atoms with E-state index >= 15 is 0 Å². The average Bonchev–Trinajstić information content (AvgIpc) is 2.60. The van der Waals surface area contributed by atoms with Gasteiger partial charge in [0.15, 0.2) is 18.1 Å². The lowest BCUT2D eigenvalue weighted by Gasteiger charge is -2.20. The zero-order chi connectivity index (χ0) is 18.7. The van der Waals surface area contributed by atoms with Crippen LogP contribution in [0.25, 0.3) is 0 Å². The van der Waals surface area contributed by atoms with E-state index in [-0.39, 0.29) is 10.8 Å². The average molecular weight is 388 g/mol. The molecule has 5 nitrogen and oxygen atoms in total. The molecular formula is C17H13ClF3NO4. The van der Waals surface area contributed by atoms with Crippen molar-refractivity contribution in [3.8, 4) is 17.2 Å². The SMILES string of the molecule is O=C(COc1ccc(C(F)(F)F)cc1)Nc1cc2c(cc1Cl)OCCO2. The maximum Gasteiger partial charge on any atom is 0.416 e. The predicted octanol–water partition coefficient (Wildman–Crippen LogP) is 4.15. The second kappa shape index (κ2) is 7.33. The summed E-state index contributed by atoms with van der Waals surface area (Å²) in [6.07, 6.45) is -4.43. The largest absolute Gasteiger partial charge is 0.486 e. The Morgan fingerprint density at radius 2 is 1.73 bits per heavy atom. The second-order valence-electron chi connectivity index (χ2n) is 5.33. The Labute approximate surface area is 151 Å². The fourth-order valence-corrected chi connectivity index (χ4v) is 2.44. The molecule has 0 bridgehead atoms. The van der Waals surface area contributed by atoms with Crippen molar-refractivity contribution >= 4 is 23.2 Å². The smallest absolute Gasteiger partial charge is 0.416 e. The quantitative estimate of drug-likeness (QED) is 0.856. The van der Waals surface area contributed by atoms with E-state index < -0.39 is 24.3 Å². The van der Waals surface area contributed by atoms with Crippen LogP contribution in [0.3, 0.4) is 0 Å². The number of amides is 1. The molecule has 9 heteroatoms. The first-order chi connectivity index (χ1) is 12.3. The normalized spacial score (nSPS) is 13.2. The molecule has 1 heterocycles. The summed E-state index contributed by atoms with van der Waals surface area (Å²) in [6, 6.07) is 7.12. The number of benzene rings is 2. The van der Waals surface area contributed by atoms with Crippen LogP contribution in [0, 0.1) is 0 Å². The summed E-state index contributed by atoms with van der Waals surface area (Å²) in [6.45, 7) is 0.408. The third-order valence-corrected chi connectivity index (χ3v) is 3.77. The van der Waals surface area contributed by atoms with E-state index in [1.807, 2.05) is 0 Å². The Hall–Kier alpha value is -2.61. The number of carbonyl (C=O) groups excluding carboxylic acids is 1. The summed E-state index contributed by atoms with van der Waals surface area (Å²) < 4.78 is 53.5. The van der Waals surface area contributed by atoms with Gasteiger partial charge in [-0.05, 0) is 24.3 Å². The Morgan fingerprint density at radius 3 is 2.35 bits per heavy atom. The second-order valence-corrected chi connectivity index (χ2v) is 5.74. The van der Waals surface area contributed by atoms with Gasteiger partial charge in [-0.25, -0.2) is 0 Å². The van der Waals surface area contributed by atoms with E-state index in [4.69, 9.17) is 25.8 Å². The zero-order valence-electron chi connectivity index (χ0n) is 13.2. The highest BCUT2D eigenvalue weighted by Crippen LogP contribution is 2.38. The monoisotopic (exact) mass is 387 g/mol. The van der Waals surface area contributed by atoms with Gasteiger partial charge in [0.25, 0.3) is 5.91 Å². The minimum Gasteiger partial charge on any atom is -0.486 e. The number of carbonyl (C=O) groups is 1. The van der Waals surface area contributed by atoms with Crippen LogP contribution in [-0.2, 0) is 11.0 Å². The first kappa shape index (κ1) is 18.2. The van der Waals surface area contributed by atoms with Crippen LogP contribution in [0.1, 0.15) is 5.56 Å². The molecule has 0 radical (unpaired) electrons. The van der Waals surface area contributed by atoms with Crippen LogP contribution in [0.4, 0.5) is 18.9 Å². The van der Waals surface area contributed by atoms with Crippen molar-refractivity contribution in [1.29, 1.82) is 0 Å². The van der Waals surface area contributed by atoms with Crippen LogP contribution < -0.4 is 19.5 Å². The summed E-state index contributed by atoms with van der Waals surface area (Å²) in [7, 11) is 0. The van der Waals surface area contributed by atoms with Gasteiger partial charge < -0.3 is 19.5 Å². The van der Waals surface area contributed by atoms with Gasteiger partial charge in [-0.1, -0.05) is 11.6 Å². The van der Waals surface area contributed by atoms with Crippen LogP contribution >= 0.6 is 11.6 Å². The fraction of sp³-hybridized carbons (Fsp3) is 0.235. The summed E-state index contributed by atoms with van der Waals surface area (Å²) >= 11 is 6.08. The van der Waals surface area contributed by atoms with Gasteiger partial charge in [-0.3, -0.25) is 4.79 Å². The summed E-state index contributed by atoms with van der Waals surface area (Å²) in [5, 5.41) is 2.82. The molecule has 2 aromatic carbocycles. The maximum atomic E-state index is 12.5. The number of halogens is 4. The molecule has 0 atom stereocenters. The Bertz CT molecular complexity index is 809. The first-order valence-corrected chi connectivity index (χ1v) is 7.90. The summed E-state index contributed by atoms with van der Waals surface area (Å²) in [5.41, 5.74) is -0.478. The van der Waals surface area contributed by atoms with E-state index in [1.54, 1.807) is 0 Å². The van der Waals surface area contributed by atoms with Crippen molar-refractivity contribution in [2.24, 2.45) is 0 Å². The number of anilines is 1. The van der Waals surface area contributed by atoms with Crippen molar-refractivity contribution in [2.75, 3.05) is 25.1 Å². The maximum absolute atomic E-state index is 12.5. The number of fused-ring (bicyclic) bond motifs is 1. The van der Waals surface area contributed by atoms with Gasteiger partial charge >= 0.3 is 6.18 Å². The molecule has 1 aliphatic rings. The first-order valence-electron chi connectivity index (χ1n) is 7.52. The number of ether oxygens (including phenoxy) is 3. The highest BCUT2D eigenvalue weighted by molar-refractivity contribution is 6.34.